The van der Waals surface area contributed by atoms with Crippen molar-refractivity contribution in [1.82, 2.24) is 0 Å². The summed E-state index contributed by atoms with van der Waals surface area (Å²) in [6.45, 7) is 0. The summed E-state index contributed by atoms with van der Waals surface area (Å²) in [6.07, 6.45) is 1.67. The third-order valence-electron chi connectivity index (χ3n) is 2.01. The van der Waals surface area contributed by atoms with E-state index in [1.54, 1.807) is 14.2 Å². The summed E-state index contributed by atoms with van der Waals surface area (Å²) in [5.41, 5.74) is 0. The van der Waals surface area contributed by atoms with Crippen molar-refractivity contribution in [1.29, 1.82) is 0 Å². The molecule has 12 heavy (non-hydrogen) atoms. The Bertz CT molecular complexity index is 144. The van der Waals surface area contributed by atoms with Crippen LogP contribution in [0.25, 0.3) is 0 Å². The van der Waals surface area contributed by atoms with Crippen LogP contribution in [0.5, 0.6) is 0 Å². The van der Waals surface area contributed by atoms with Gasteiger partial charge in [-0.15, -0.1) is 0 Å². The van der Waals surface area contributed by atoms with Crippen LogP contribution in [-0.4, -0.2) is 39.0 Å². The van der Waals surface area contributed by atoms with Crippen molar-refractivity contribution in [2.24, 2.45) is 0 Å². The third-order valence-corrected chi connectivity index (χ3v) is 2.01. The molecule has 1 aliphatic rings. The van der Waals surface area contributed by atoms with Crippen LogP contribution in [0.1, 0.15) is 12.8 Å². The highest BCUT2D eigenvalue weighted by Crippen LogP contribution is 2.22. The Kier molecular flexibility index (Phi) is 3.65. The summed E-state index contributed by atoms with van der Waals surface area (Å²) < 4.78 is 15.4. The van der Waals surface area contributed by atoms with Gasteiger partial charge >= 0.3 is 0 Å². The molecule has 1 aliphatic heterocycles. The molecule has 4 heteroatoms. The minimum atomic E-state index is -0.352. The maximum atomic E-state index is 10.3. The van der Waals surface area contributed by atoms with Crippen molar-refractivity contribution in [2.75, 3.05) is 14.2 Å². The van der Waals surface area contributed by atoms with Crippen molar-refractivity contribution in [3.8, 4) is 0 Å². The van der Waals surface area contributed by atoms with E-state index in [0.29, 0.717) is 0 Å². The molecule has 0 bridgehead atoms. The Morgan fingerprint density at radius 2 is 2.08 bits per heavy atom. The van der Waals surface area contributed by atoms with Crippen LogP contribution in [0.15, 0.2) is 0 Å². The normalized spacial score (nSPS) is 29.6. The molecule has 1 heterocycles. The molecule has 0 spiro atoms. The molecule has 0 aromatic heterocycles. The van der Waals surface area contributed by atoms with Crippen molar-refractivity contribution in [3.63, 3.8) is 0 Å². The summed E-state index contributed by atoms with van der Waals surface area (Å²) in [6, 6.07) is 0. The summed E-state index contributed by atoms with van der Waals surface area (Å²) in [4.78, 5) is 10.3. The predicted molar refractivity (Wildman–Crippen MR) is 41.8 cm³/mol. The topological polar surface area (TPSA) is 44.8 Å². The molecule has 0 amide bonds. The zero-order chi connectivity index (χ0) is 8.97. The molecular weight excluding hydrogens is 160 g/mol. The Morgan fingerprint density at radius 3 is 2.50 bits per heavy atom. The molecule has 1 saturated heterocycles. The summed E-state index contributed by atoms with van der Waals surface area (Å²) in [5, 5.41) is 0. The summed E-state index contributed by atoms with van der Waals surface area (Å²) in [7, 11) is 3.12. The van der Waals surface area contributed by atoms with E-state index < -0.39 is 0 Å². The lowest BCUT2D eigenvalue weighted by molar-refractivity contribution is -0.175. The molecule has 1 rings (SSSR count). The number of rotatable bonds is 4. The standard InChI is InChI=1S/C8H14O4/c1-10-8(11-2)7-4-3-6(5-9)12-7/h5-8H,3-4H2,1-2H3. The lowest BCUT2D eigenvalue weighted by Crippen LogP contribution is -2.30. The fourth-order valence-electron chi connectivity index (χ4n) is 1.39. The highest BCUT2D eigenvalue weighted by Gasteiger charge is 2.31. The van der Waals surface area contributed by atoms with Crippen LogP contribution in [0.4, 0.5) is 0 Å². The Morgan fingerprint density at radius 1 is 1.42 bits per heavy atom. The van der Waals surface area contributed by atoms with Gasteiger partial charge in [0.25, 0.3) is 0 Å². The average Bonchev–Trinajstić information content (AvgIpc) is 2.55. The van der Waals surface area contributed by atoms with E-state index in [2.05, 4.69) is 0 Å². The van der Waals surface area contributed by atoms with Crippen LogP contribution < -0.4 is 0 Å². The lowest BCUT2D eigenvalue weighted by Gasteiger charge is -2.19. The second-order valence-corrected chi connectivity index (χ2v) is 2.77. The Balaban J connectivity index is 2.38. The van der Waals surface area contributed by atoms with Gasteiger partial charge in [0.2, 0.25) is 0 Å². The number of aldehydes is 1. The molecule has 0 N–H and O–H groups in total. The van der Waals surface area contributed by atoms with Crippen LogP contribution in [0, 0.1) is 0 Å². The number of hydrogen-bond acceptors (Lipinski definition) is 4. The Labute approximate surface area is 71.8 Å². The van der Waals surface area contributed by atoms with E-state index in [4.69, 9.17) is 14.2 Å². The summed E-state index contributed by atoms with van der Waals surface area (Å²) in [5.74, 6) is 0. The van der Waals surface area contributed by atoms with Gasteiger partial charge in [0, 0.05) is 14.2 Å². The number of carbonyl (C=O) groups excluding carboxylic acids is 1. The SMILES string of the molecule is COC(OC)C1CCC(C=O)O1. The second kappa shape index (κ2) is 4.54. The van der Waals surface area contributed by atoms with Gasteiger partial charge in [-0.25, -0.2) is 0 Å². The minimum absolute atomic E-state index is 0.102. The first kappa shape index (κ1) is 9.64. The van der Waals surface area contributed by atoms with Crippen LogP contribution in [-0.2, 0) is 19.0 Å². The first-order valence-corrected chi connectivity index (χ1v) is 3.98. The number of carbonyl (C=O) groups is 1. The van der Waals surface area contributed by atoms with Gasteiger partial charge in [-0.1, -0.05) is 0 Å². The van der Waals surface area contributed by atoms with Crippen molar-refractivity contribution < 1.29 is 19.0 Å². The highest BCUT2D eigenvalue weighted by molar-refractivity contribution is 5.56. The third kappa shape index (κ3) is 2.03. The molecule has 70 valence electrons. The number of hydrogen-bond donors (Lipinski definition) is 0. The zero-order valence-electron chi connectivity index (χ0n) is 7.36. The Hall–Kier alpha value is -0.450. The first-order chi connectivity index (χ1) is 5.81. The maximum absolute atomic E-state index is 10.3. The molecular formula is C8H14O4. The van der Waals surface area contributed by atoms with Gasteiger partial charge in [-0.2, -0.15) is 0 Å². The van der Waals surface area contributed by atoms with E-state index in [1.807, 2.05) is 0 Å². The zero-order valence-corrected chi connectivity index (χ0v) is 7.36. The van der Waals surface area contributed by atoms with Crippen LogP contribution in [0.3, 0.4) is 0 Å². The second-order valence-electron chi connectivity index (χ2n) is 2.77. The van der Waals surface area contributed by atoms with Gasteiger partial charge in [-0.05, 0) is 12.8 Å². The fourth-order valence-corrected chi connectivity index (χ4v) is 1.39. The molecule has 1 fully saturated rings. The smallest absolute Gasteiger partial charge is 0.183 e. The van der Waals surface area contributed by atoms with Gasteiger partial charge in [0.1, 0.15) is 18.5 Å². The molecule has 4 nitrogen and oxygen atoms in total. The molecule has 0 radical (unpaired) electrons. The van der Waals surface area contributed by atoms with E-state index >= 15 is 0 Å². The molecule has 0 aliphatic carbocycles. The molecule has 0 aromatic rings. The highest BCUT2D eigenvalue weighted by atomic mass is 16.7. The number of ether oxygens (including phenoxy) is 3. The van der Waals surface area contributed by atoms with Crippen LogP contribution in [0.2, 0.25) is 0 Å². The van der Waals surface area contributed by atoms with E-state index in [0.717, 1.165) is 19.1 Å². The van der Waals surface area contributed by atoms with Crippen molar-refractivity contribution in [2.45, 2.75) is 31.3 Å². The van der Waals surface area contributed by atoms with E-state index in [-0.39, 0.29) is 18.5 Å². The largest absolute Gasteiger partial charge is 0.362 e. The molecule has 2 unspecified atom stereocenters. The summed E-state index contributed by atoms with van der Waals surface area (Å²) >= 11 is 0. The van der Waals surface area contributed by atoms with E-state index in [1.165, 1.54) is 0 Å². The quantitative estimate of drug-likeness (QED) is 0.455. The minimum Gasteiger partial charge on any atom is -0.362 e. The van der Waals surface area contributed by atoms with Crippen molar-refractivity contribution >= 4 is 6.29 Å². The monoisotopic (exact) mass is 174 g/mol. The average molecular weight is 174 g/mol. The van der Waals surface area contributed by atoms with Gasteiger partial charge in [-0.3, -0.25) is 0 Å². The molecule has 0 saturated carbocycles. The van der Waals surface area contributed by atoms with Gasteiger partial charge in [0.15, 0.2) is 6.29 Å². The lowest BCUT2D eigenvalue weighted by atomic mass is 10.2. The number of methoxy groups -OCH3 is 2. The maximum Gasteiger partial charge on any atom is 0.183 e. The predicted octanol–water partition coefficient (Wildman–Crippen LogP) is 0.352. The van der Waals surface area contributed by atoms with Crippen molar-refractivity contribution in [3.05, 3.63) is 0 Å². The molecule has 0 aromatic carbocycles. The van der Waals surface area contributed by atoms with Crippen LogP contribution >= 0.6 is 0 Å². The fraction of sp³-hybridized carbons (Fsp3) is 0.875. The van der Waals surface area contributed by atoms with Gasteiger partial charge < -0.3 is 19.0 Å². The molecule has 2 atom stereocenters. The van der Waals surface area contributed by atoms with Gasteiger partial charge in [0.05, 0.1) is 0 Å². The first-order valence-electron chi connectivity index (χ1n) is 3.98. The van der Waals surface area contributed by atoms with E-state index in [9.17, 15) is 4.79 Å².